The first-order chi connectivity index (χ1) is 9.58. The van der Waals surface area contributed by atoms with Crippen molar-refractivity contribution in [3.05, 3.63) is 28.5 Å². The molecule has 4 nitrogen and oxygen atoms in total. The zero-order valence-electron chi connectivity index (χ0n) is 12.2. The average molecular weight is 296 g/mol. The van der Waals surface area contributed by atoms with Crippen LogP contribution in [0, 0.1) is 12.8 Å². The number of nitrogens with zero attached hydrogens (tertiary/aromatic N) is 2. The molecular formula is C15H22ClN3O. The molecule has 1 fully saturated rings. The van der Waals surface area contributed by atoms with Crippen LogP contribution in [0.4, 0.5) is 0 Å². The quantitative estimate of drug-likeness (QED) is 0.868. The van der Waals surface area contributed by atoms with Crippen molar-refractivity contribution < 1.29 is 4.79 Å². The van der Waals surface area contributed by atoms with Gasteiger partial charge >= 0.3 is 0 Å². The maximum absolute atomic E-state index is 12.1. The fourth-order valence-electron chi connectivity index (χ4n) is 2.61. The fourth-order valence-corrected chi connectivity index (χ4v) is 2.86. The van der Waals surface area contributed by atoms with Gasteiger partial charge < -0.3 is 10.2 Å². The molecule has 0 unspecified atom stereocenters. The average Bonchev–Trinajstić information content (AvgIpc) is 2.44. The lowest BCUT2D eigenvalue weighted by molar-refractivity contribution is 0.0936. The Morgan fingerprint density at radius 3 is 2.75 bits per heavy atom. The molecule has 1 N–H and O–H groups in total. The third-order valence-corrected chi connectivity index (χ3v) is 4.08. The van der Waals surface area contributed by atoms with Crippen LogP contribution < -0.4 is 5.32 Å². The molecule has 1 aromatic heterocycles. The largest absolute Gasteiger partial charge is 0.352 e. The van der Waals surface area contributed by atoms with Crippen molar-refractivity contribution in [3.8, 4) is 0 Å². The Labute approximate surface area is 125 Å². The third kappa shape index (κ3) is 4.18. The van der Waals surface area contributed by atoms with E-state index >= 15 is 0 Å². The lowest BCUT2D eigenvalue weighted by Gasteiger charge is -2.31. The minimum Gasteiger partial charge on any atom is -0.352 e. The number of halogens is 1. The molecule has 0 saturated carbocycles. The Morgan fingerprint density at radius 1 is 1.45 bits per heavy atom. The molecule has 110 valence electrons. The summed E-state index contributed by atoms with van der Waals surface area (Å²) in [6, 6.07) is 3.38. The molecule has 5 heteroatoms. The number of aryl methyl sites for hydroxylation is 1. The summed E-state index contributed by atoms with van der Waals surface area (Å²) < 4.78 is 0. The molecule has 1 aliphatic heterocycles. The zero-order valence-corrected chi connectivity index (χ0v) is 12.9. The Morgan fingerprint density at radius 2 is 2.15 bits per heavy atom. The van der Waals surface area contributed by atoms with Crippen molar-refractivity contribution in [2.45, 2.75) is 26.7 Å². The monoisotopic (exact) mass is 295 g/mol. The summed E-state index contributed by atoms with van der Waals surface area (Å²) in [5.74, 6) is 0.524. The number of hydrogen-bond acceptors (Lipinski definition) is 3. The van der Waals surface area contributed by atoms with Gasteiger partial charge in [-0.25, -0.2) is 4.98 Å². The number of carbonyl (C=O) groups excluding carboxylic acids is 1. The van der Waals surface area contributed by atoms with Crippen LogP contribution in [0.25, 0.3) is 0 Å². The lowest BCUT2D eigenvalue weighted by Crippen LogP contribution is -2.38. The molecule has 0 spiro atoms. The molecular weight excluding hydrogens is 274 g/mol. The van der Waals surface area contributed by atoms with Crippen molar-refractivity contribution >= 4 is 17.5 Å². The number of piperidine rings is 1. The van der Waals surface area contributed by atoms with E-state index < -0.39 is 0 Å². The zero-order chi connectivity index (χ0) is 14.5. The van der Waals surface area contributed by atoms with Crippen LogP contribution in [0.3, 0.4) is 0 Å². The molecule has 20 heavy (non-hydrogen) atoms. The molecule has 1 amide bonds. The summed E-state index contributed by atoms with van der Waals surface area (Å²) in [6.45, 7) is 8.17. The molecule has 0 bridgehead atoms. The van der Waals surface area contributed by atoms with Crippen molar-refractivity contribution in [2.75, 3.05) is 26.2 Å². The van der Waals surface area contributed by atoms with Gasteiger partial charge in [-0.3, -0.25) is 4.79 Å². The minimum atomic E-state index is -0.0599. The van der Waals surface area contributed by atoms with Gasteiger partial charge in [0.1, 0.15) is 5.15 Å². The number of likely N-dealkylation sites (tertiary alicyclic amines) is 1. The van der Waals surface area contributed by atoms with Crippen molar-refractivity contribution in [2.24, 2.45) is 5.92 Å². The van der Waals surface area contributed by atoms with Crippen LogP contribution in [0.2, 0.25) is 5.15 Å². The van der Waals surface area contributed by atoms with Gasteiger partial charge in [-0.15, -0.1) is 0 Å². The van der Waals surface area contributed by atoms with Gasteiger partial charge in [-0.05, 0) is 57.5 Å². The maximum Gasteiger partial charge on any atom is 0.251 e. The van der Waals surface area contributed by atoms with Gasteiger partial charge in [0.25, 0.3) is 5.91 Å². The molecule has 2 heterocycles. The van der Waals surface area contributed by atoms with E-state index in [4.69, 9.17) is 11.6 Å². The number of aromatic nitrogens is 1. The minimum absolute atomic E-state index is 0.0599. The number of pyridine rings is 1. The van der Waals surface area contributed by atoms with E-state index in [0.717, 1.165) is 44.7 Å². The first kappa shape index (κ1) is 15.3. The molecule has 0 aromatic carbocycles. The Kier molecular flexibility index (Phi) is 5.38. The second kappa shape index (κ2) is 7.04. The van der Waals surface area contributed by atoms with Gasteiger partial charge in [0.2, 0.25) is 0 Å². The Balaban J connectivity index is 1.83. The van der Waals surface area contributed by atoms with E-state index in [-0.39, 0.29) is 5.91 Å². The third-order valence-electron chi connectivity index (χ3n) is 3.89. The van der Waals surface area contributed by atoms with E-state index in [1.807, 2.05) is 6.92 Å². The SMILES string of the molecule is CCN1CCC(CNC(=O)c2cc(C)nc(Cl)c2)CC1. The van der Waals surface area contributed by atoms with Crippen LogP contribution in [-0.2, 0) is 0 Å². The highest BCUT2D eigenvalue weighted by Crippen LogP contribution is 2.16. The van der Waals surface area contributed by atoms with Gasteiger partial charge in [0.05, 0.1) is 0 Å². The predicted molar refractivity (Wildman–Crippen MR) is 81.2 cm³/mol. The molecule has 2 rings (SSSR count). The van der Waals surface area contributed by atoms with Crippen LogP contribution >= 0.6 is 11.6 Å². The van der Waals surface area contributed by atoms with Gasteiger partial charge in [0, 0.05) is 17.8 Å². The Hall–Kier alpha value is -1.13. The summed E-state index contributed by atoms with van der Waals surface area (Å²) in [5, 5.41) is 3.38. The Bertz CT molecular complexity index is 450. The smallest absolute Gasteiger partial charge is 0.251 e. The normalized spacial score (nSPS) is 17.1. The van der Waals surface area contributed by atoms with E-state index in [1.54, 1.807) is 12.1 Å². The highest BCUT2D eigenvalue weighted by Gasteiger charge is 2.18. The lowest BCUT2D eigenvalue weighted by atomic mass is 9.97. The second-order valence-corrected chi connectivity index (χ2v) is 5.79. The molecule has 1 aromatic rings. The molecule has 0 aliphatic carbocycles. The summed E-state index contributed by atoms with van der Waals surface area (Å²) in [4.78, 5) is 18.6. The topological polar surface area (TPSA) is 45.2 Å². The van der Waals surface area contributed by atoms with E-state index in [0.29, 0.717) is 16.6 Å². The summed E-state index contributed by atoms with van der Waals surface area (Å²) in [6.07, 6.45) is 2.31. The first-order valence-electron chi connectivity index (χ1n) is 7.23. The molecule has 0 radical (unpaired) electrons. The van der Waals surface area contributed by atoms with Gasteiger partial charge in [0.15, 0.2) is 0 Å². The second-order valence-electron chi connectivity index (χ2n) is 5.41. The highest BCUT2D eigenvalue weighted by molar-refractivity contribution is 6.29. The van der Waals surface area contributed by atoms with Crippen LogP contribution in [0.15, 0.2) is 12.1 Å². The van der Waals surface area contributed by atoms with E-state index in [2.05, 4.69) is 22.1 Å². The van der Waals surface area contributed by atoms with Crippen LogP contribution in [-0.4, -0.2) is 42.0 Å². The first-order valence-corrected chi connectivity index (χ1v) is 7.61. The van der Waals surface area contributed by atoms with E-state index in [1.165, 1.54) is 0 Å². The van der Waals surface area contributed by atoms with Crippen molar-refractivity contribution in [1.82, 2.24) is 15.2 Å². The molecule has 1 saturated heterocycles. The van der Waals surface area contributed by atoms with Crippen molar-refractivity contribution in [3.63, 3.8) is 0 Å². The number of rotatable bonds is 4. The summed E-state index contributed by atoms with van der Waals surface area (Å²) >= 11 is 5.88. The van der Waals surface area contributed by atoms with Crippen molar-refractivity contribution in [1.29, 1.82) is 0 Å². The number of hydrogen-bond donors (Lipinski definition) is 1. The van der Waals surface area contributed by atoms with Crippen LogP contribution in [0.1, 0.15) is 35.8 Å². The molecule has 1 aliphatic rings. The summed E-state index contributed by atoms with van der Waals surface area (Å²) in [5.41, 5.74) is 1.35. The predicted octanol–water partition coefficient (Wildman–Crippen LogP) is 2.51. The standard InChI is InChI=1S/C15H22ClN3O/c1-3-19-6-4-12(5-7-19)10-17-15(20)13-8-11(2)18-14(16)9-13/h8-9,12H,3-7,10H2,1-2H3,(H,17,20). The number of carbonyl (C=O) groups is 1. The fraction of sp³-hybridized carbons (Fsp3) is 0.600. The van der Waals surface area contributed by atoms with Gasteiger partial charge in [-0.1, -0.05) is 18.5 Å². The van der Waals surface area contributed by atoms with Gasteiger partial charge in [-0.2, -0.15) is 0 Å². The summed E-state index contributed by atoms with van der Waals surface area (Å²) in [7, 11) is 0. The number of nitrogens with one attached hydrogen (secondary N) is 1. The van der Waals surface area contributed by atoms with Crippen LogP contribution in [0.5, 0.6) is 0 Å². The van der Waals surface area contributed by atoms with E-state index in [9.17, 15) is 4.79 Å². The maximum atomic E-state index is 12.1. The number of amides is 1. The highest BCUT2D eigenvalue weighted by atomic mass is 35.5. The molecule has 0 atom stereocenters.